The molecule has 1 heterocycles. The maximum atomic E-state index is 13.9. The van der Waals surface area contributed by atoms with Gasteiger partial charge in [0.25, 0.3) is 0 Å². The van der Waals surface area contributed by atoms with Crippen molar-refractivity contribution >= 4 is 10.9 Å². The van der Waals surface area contributed by atoms with Crippen molar-refractivity contribution in [1.82, 2.24) is 9.88 Å². The van der Waals surface area contributed by atoms with Gasteiger partial charge in [0.15, 0.2) is 11.6 Å². The van der Waals surface area contributed by atoms with E-state index in [0.29, 0.717) is 18.7 Å². The van der Waals surface area contributed by atoms with Crippen LogP contribution in [0.2, 0.25) is 0 Å². The summed E-state index contributed by atoms with van der Waals surface area (Å²) in [4.78, 5) is 0. The summed E-state index contributed by atoms with van der Waals surface area (Å²) in [5.41, 5.74) is 2.42. The van der Waals surface area contributed by atoms with E-state index in [4.69, 9.17) is 0 Å². The summed E-state index contributed by atoms with van der Waals surface area (Å²) in [5, 5.41) is 4.21. The van der Waals surface area contributed by atoms with Crippen molar-refractivity contribution in [3.63, 3.8) is 0 Å². The summed E-state index contributed by atoms with van der Waals surface area (Å²) in [5.74, 6) is -1.58. The first-order valence-electron chi connectivity index (χ1n) is 6.85. The van der Waals surface area contributed by atoms with Crippen LogP contribution in [-0.2, 0) is 13.1 Å². The summed E-state index contributed by atoms with van der Waals surface area (Å²) < 4.78 is 29.3. The highest BCUT2D eigenvalue weighted by molar-refractivity contribution is 5.81. The second-order valence-electron chi connectivity index (χ2n) is 5.02. The molecular weight excluding hydrogens is 270 g/mol. The number of nitrogens with one attached hydrogen (secondary N) is 1. The SMILES string of the molecule is CNCc1cc2ccccc2n1Cc1cccc(F)c1F. The molecule has 0 aliphatic heterocycles. The Morgan fingerprint density at radius 1 is 1.05 bits per heavy atom. The van der Waals surface area contributed by atoms with Crippen LogP contribution in [0.3, 0.4) is 0 Å². The molecule has 0 aliphatic rings. The Morgan fingerprint density at radius 2 is 1.86 bits per heavy atom. The third kappa shape index (κ3) is 2.54. The highest BCUT2D eigenvalue weighted by Gasteiger charge is 2.12. The minimum Gasteiger partial charge on any atom is -0.339 e. The van der Waals surface area contributed by atoms with E-state index in [-0.39, 0.29) is 0 Å². The predicted molar refractivity (Wildman–Crippen MR) is 80.2 cm³/mol. The number of rotatable bonds is 4. The number of hydrogen-bond acceptors (Lipinski definition) is 1. The summed E-state index contributed by atoms with van der Waals surface area (Å²) in [6, 6.07) is 14.3. The molecule has 0 unspecified atom stereocenters. The number of hydrogen-bond donors (Lipinski definition) is 1. The van der Waals surface area contributed by atoms with E-state index in [2.05, 4.69) is 11.4 Å². The van der Waals surface area contributed by atoms with Gasteiger partial charge in [0.2, 0.25) is 0 Å². The third-order valence-electron chi connectivity index (χ3n) is 3.61. The fourth-order valence-electron chi connectivity index (χ4n) is 2.62. The Morgan fingerprint density at radius 3 is 2.67 bits per heavy atom. The molecule has 3 aromatic rings. The van der Waals surface area contributed by atoms with E-state index in [0.717, 1.165) is 22.7 Å². The Bertz CT molecular complexity index is 778. The normalized spacial score (nSPS) is 11.2. The molecule has 0 radical (unpaired) electrons. The zero-order valence-electron chi connectivity index (χ0n) is 11.7. The van der Waals surface area contributed by atoms with Gasteiger partial charge in [-0.05, 0) is 30.6 Å². The molecule has 2 nitrogen and oxygen atoms in total. The second kappa shape index (κ2) is 5.66. The van der Waals surface area contributed by atoms with Crippen LogP contribution in [0.5, 0.6) is 0 Å². The summed E-state index contributed by atoms with van der Waals surface area (Å²) >= 11 is 0. The Hall–Kier alpha value is -2.20. The van der Waals surface area contributed by atoms with Crippen LogP contribution in [0, 0.1) is 11.6 Å². The summed E-state index contributed by atoms with van der Waals surface area (Å²) in [6.07, 6.45) is 0. The molecule has 0 bridgehead atoms. The Balaban J connectivity index is 2.10. The Labute approximate surface area is 122 Å². The molecule has 108 valence electrons. The minimum absolute atomic E-state index is 0.314. The van der Waals surface area contributed by atoms with Gasteiger partial charge in [0.05, 0.1) is 6.54 Å². The molecule has 2 aromatic carbocycles. The number of nitrogens with zero attached hydrogens (tertiary/aromatic N) is 1. The average Bonchev–Trinajstić information content (AvgIpc) is 2.82. The van der Waals surface area contributed by atoms with E-state index < -0.39 is 11.6 Å². The van der Waals surface area contributed by atoms with Crippen LogP contribution in [0.4, 0.5) is 8.78 Å². The van der Waals surface area contributed by atoms with Gasteiger partial charge < -0.3 is 9.88 Å². The molecule has 0 fully saturated rings. The maximum absolute atomic E-state index is 13.9. The number of para-hydroxylation sites is 1. The zero-order valence-corrected chi connectivity index (χ0v) is 11.7. The van der Waals surface area contributed by atoms with Crippen LogP contribution in [-0.4, -0.2) is 11.6 Å². The van der Waals surface area contributed by atoms with Crippen molar-refractivity contribution < 1.29 is 8.78 Å². The smallest absolute Gasteiger partial charge is 0.163 e. The van der Waals surface area contributed by atoms with Gasteiger partial charge in [0, 0.05) is 23.3 Å². The molecule has 1 aromatic heterocycles. The summed E-state index contributed by atoms with van der Waals surface area (Å²) in [6.45, 7) is 0.986. The lowest BCUT2D eigenvalue weighted by Crippen LogP contribution is -2.12. The monoisotopic (exact) mass is 286 g/mol. The molecule has 0 aliphatic carbocycles. The highest BCUT2D eigenvalue weighted by atomic mass is 19.2. The highest BCUT2D eigenvalue weighted by Crippen LogP contribution is 2.22. The van der Waals surface area contributed by atoms with Gasteiger partial charge in [-0.3, -0.25) is 0 Å². The van der Waals surface area contributed by atoms with Crippen LogP contribution in [0.1, 0.15) is 11.3 Å². The first kappa shape index (κ1) is 13.8. The standard InChI is InChI=1S/C17H16F2N2/c1-20-10-14-9-12-5-2-3-8-16(12)21(14)11-13-6-4-7-15(18)17(13)19/h2-9,20H,10-11H2,1H3. The predicted octanol–water partition coefficient (Wildman–Crippen LogP) is 3.69. The number of halogens is 2. The molecule has 0 spiro atoms. The van der Waals surface area contributed by atoms with Crippen molar-refractivity contribution in [1.29, 1.82) is 0 Å². The Kier molecular flexibility index (Phi) is 3.71. The van der Waals surface area contributed by atoms with Crippen molar-refractivity contribution in [2.45, 2.75) is 13.1 Å². The number of aromatic nitrogens is 1. The lowest BCUT2D eigenvalue weighted by molar-refractivity contribution is 0.495. The second-order valence-corrected chi connectivity index (χ2v) is 5.02. The van der Waals surface area contributed by atoms with Crippen LogP contribution in [0.15, 0.2) is 48.5 Å². The van der Waals surface area contributed by atoms with E-state index in [1.165, 1.54) is 6.07 Å². The van der Waals surface area contributed by atoms with Crippen LogP contribution in [0.25, 0.3) is 10.9 Å². The van der Waals surface area contributed by atoms with Gasteiger partial charge in [-0.25, -0.2) is 8.78 Å². The lowest BCUT2D eigenvalue weighted by Gasteiger charge is -2.12. The first-order valence-corrected chi connectivity index (χ1v) is 6.85. The molecule has 1 N–H and O–H groups in total. The maximum Gasteiger partial charge on any atom is 0.163 e. The molecule has 0 saturated carbocycles. The fraction of sp³-hybridized carbons (Fsp3) is 0.176. The van der Waals surface area contributed by atoms with E-state index in [1.54, 1.807) is 6.07 Å². The van der Waals surface area contributed by atoms with Gasteiger partial charge in [-0.15, -0.1) is 0 Å². The molecule has 21 heavy (non-hydrogen) atoms. The molecule has 0 amide bonds. The van der Waals surface area contributed by atoms with Crippen LogP contribution >= 0.6 is 0 Å². The van der Waals surface area contributed by atoms with E-state index >= 15 is 0 Å². The quantitative estimate of drug-likeness (QED) is 0.774. The van der Waals surface area contributed by atoms with Crippen molar-refractivity contribution in [2.24, 2.45) is 0 Å². The van der Waals surface area contributed by atoms with Gasteiger partial charge in [0.1, 0.15) is 0 Å². The van der Waals surface area contributed by atoms with Crippen molar-refractivity contribution in [2.75, 3.05) is 7.05 Å². The minimum atomic E-state index is -0.806. The average molecular weight is 286 g/mol. The van der Waals surface area contributed by atoms with Crippen LogP contribution < -0.4 is 5.32 Å². The first-order chi connectivity index (χ1) is 10.2. The van der Waals surface area contributed by atoms with E-state index in [1.807, 2.05) is 35.9 Å². The molecule has 3 rings (SSSR count). The topological polar surface area (TPSA) is 17.0 Å². The zero-order chi connectivity index (χ0) is 14.8. The van der Waals surface area contributed by atoms with Crippen molar-refractivity contribution in [3.8, 4) is 0 Å². The fourth-order valence-corrected chi connectivity index (χ4v) is 2.62. The molecule has 4 heteroatoms. The lowest BCUT2D eigenvalue weighted by atomic mass is 10.2. The van der Waals surface area contributed by atoms with Gasteiger partial charge in [-0.1, -0.05) is 30.3 Å². The number of benzene rings is 2. The van der Waals surface area contributed by atoms with Crippen molar-refractivity contribution in [3.05, 3.63) is 71.4 Å². The van der Waals surface area contributed by atoms with Gasteiger partial charge in [-0.2, -0.15) is 0 Å². The molecule has 0 saturated heterocycles. The summed E-state index contributed by atoms with van der Waals surface area (Å²) in [7, 11) is 1.87. The van der Waals surface area contributed by atoms with E-state index in [9.17, 15) is 8.78 Å². The largest absolute Gasteiger partial charge is 0.339 e. The van der Waals surface area contributed by atoms with Gasteiger partial charge >= 0.3 is 0 Å². The number of fused-ring (bicyclic) bond motifs is 1. The third-order valence-corrected chi connectivity index (χ3v) is 3.61. The molecular formula is C17H16F2N2. The molecule has 0 atom stereocenters.